The zero-order valence-electron chi connectivity index (χ0n) is 13.2. The molecule has 5 nitrogen and oxygen atoms in total. The first-order chi connectivity index (χ1) is 9.99. The zero-order chi connectivity index (χ0) is 15.5. The monoisotopic (exact) mass is 294 g/mol. The molecule has 0 fully saturated rings. The Hall–Kier alpha value is -1.30. The van der Waals surface area contributed by atoms with Gasteiger partial charge >= 0.3 is 0 Å². The van der Waals surface area contributed by atoms with Gasteiger partial charge in [-0.3, -0.25) is 4.90 Å². The molecule has 3 N–H and O–H groups in total. The second-order valence-corrected chi connectivity index (χ2v) is 5.95. The molecular weight excluding hydrogens is 268 g/mol. The highest BCUT2D eigenvalue weighted by molar-refractivity contribution is 5.48. The SMILES string of the molecule is COc1cc2c(cc1OC)CN(CCC(C)(O)CN)CC2. The summed E-state index contributed by atoms with van der Waals surface area (Å²) in [6.45, 7) is 4.79. The van der Waals surface area contributed by atoms with Gasteiger partial charge in [0.05, 0.1) is 19.8 Å². The number of ether oxygens (including phenoxy) is 2. The molecule has 0 saturated carbocycles. The van der Waals surface area contributed by atoms with E-state index in [-0.39, 0.29) is 0 Å². The summed E-state index contributed by atoms with van der Waals surface area (Å²) in [5.41, 5.74) is 7.37. The molecule has 5 heteroatoms. The molecule has 1 heterocycles. The third-order valence-corrected chi connectivity index (χ3v) is 4.20. The highest BCUT2D eigenvalue weighted by atomic mass is 16.5. The summed E-state index contributed by atoms with van der Waals surface area (Å²) in [6, 6.07) is 4.13. The fourth-order valence-corrected chi connectivity index (χ4v) is 2.63. The lowest BCUT2D eigenvalue weighted by atomic mass is 9.97. The number of nitrogens with zero attached hydrogens (tertiary/aromatic N) is 1. The molecule has 0 aromatic heterocycles. The summed E-state index contributed by atoms with van der Waals surface area (Å²) >= 11 is 0. The maximum Gasteiger partial charge on any atom is 0.161 e. The molecule has 1 aliphatic rings. The summed E-state index contributed by atoms with van der Waals surface area (Å²) in [4.78, 5) is 2.35. The van der Waals surface area contributed by atoms with Crippen molar-refractivity contribution >= 4 is 0 Å². The zero-order valence-corrected chi connectivity index (χ0v) is 13.2. The molecule has 0 saturated heterocycles. The minimum Gasteiger partial charge on any atom is -0.493 e. The van der Waals surface area contributed by atoms with E-state index in [0.717, 1.165) is 37.6 Å². The fourth-order valence-electron chi connectivity index (χ4n) is 2.63. The van der Waals surface area contributed by atoms with Crippen LogP contribution in [0.3, 0.4) is 0 Å². The maximum atomic E-state index is 10.0. The van der Waals surface area contributed by atoms with Crippen molar-refractivity contribution in [1.29, 1.82) is 0 Å². The second kappa shape index (κ2) is 6.64. The Morgan fingerprint density at radius 3 is 2.43 bits per heavy atom. The van der Waals surface area contributed by atoms with E-state index in [1.165, 1.54) is 11.1 Å². The van der Waals surface area contributed by atoms with Gasteiger partial charge in [0.15, 0.2) is 11.5 Å². The molecule has 21 heavy (non-hydrogen) atoms. The van der Waals surface area contributed by atoms with E-state index in [2.05, 4.69) is 17.0 Å². The predicted octanol–water partition coefficient (Wildman–Crippen LogP) is 1.16. The molecular formula is C16H26N2O3. The molecule has 2 rings (SSSR count). The minimum atomic E-state index is -0.780. The first-order valence-corrected chi connectivity index (χ1v) is 7.37. The van der Waals surface area contributed by atoms with E-state index in [1.54, 1.807) is 21.1 Å². The molecule has 1 aliphatic heterocycles. The van der Waals surface area contributed by atoms with Crippen LogP contribution in [-0.4, -0.2) is 49.5 Å². The molecule has 0 spiro atoms. The number of hydrogen-bond donors (Lipinski definition) is 2. The van der Waals surface area contributed by atoms with Crippen LogP contribution in [0.2, 0.25) is 0 Å². The highest BCUT2D eigenvalue weighted by Crippen LogP contribution is 2.33. The van der Waals surface area contributed by atoms with Crippen LogP contribution in [0.4, 0.5) is 0 Å². The van der Waals surface area contributed by atoms with Crippen LogP contribution >= 0.6 is 0 Å². The maximum absolute atomic E-state index is 10.0. The van der Waals surface area contributed by atoms with Gasteiger partial charge in [0.1, 0.15) is 0 Å². The quantitative estimate of drug-likeness (QED) is 0.824. The van der Waals surface area contributed by atoms with Gasteiger partial charge in [-0.15, -0.1) is 0 Å². The van der Waals surface area contributed by atoms with E-state index in [1.807, 2.05) is 0 Å². The molecule has 0 bridgehead atoms. The lowest BCUT2D eigenvalue weighted by molar-refractivity contribution is 0.0459. The van der Waals surface area contributed by atoms with Crippen LogP contribution < -0.4 is 15.2 Å². The Kier molecular flexibility index (Phi) is 5.08. The van der Waals surface area contributed by atoms with E-state index < -0.39 is 5.60 Å². The molecule has 1 atom stereocenters. The largest absolute Gasteiger partial charge is 0.493 e. The smallest absolute Gasteiger partial charge is 0.161 e. The van der Waals surface area contributed by atoms with Crippen molar-refractivity contribution in [1.82, 2.24) is 4.90 Å². The number of hydrogen-bond acceptors (Lipinski definition) is 5. The second-order valence-electron chi connectivity index (χ2n) is 5.95. The Morgan fingerprint density at radius 1 is 1.24 bits per heavy atom. The highest BCUT2D eigenvalue weighted by Gasteiger charge is 2.23. The first kappa shape index (κ1) is 16.1. The summed E-state index contributed by atoms with van der Waals surface area (Å²) in [7, 11) is 3.32. The van der Waals surface area contributed by atoms with Gasteiger partial charge in [0, 0.05) is 26.2 Å². The molecule has 1 aromatic carbocycles. The van der Waals surface area contributed by atoms with Crippen molar-refractivity contribution < 1.29 is 14.6 Å². The van der Waals surface area contributed by atoms with Crippen molar-refractivity contribution in [2.45, 2.75) is 31.9 Å². The molecule has 0 aliphatic carbocycles. The minimum absolute atomic E-state index is 0.294. The van der Waals surface area contributed by atoms with E-state index in [4.69, 9.17) is 15.2 Å². The van der Waals surface area contributed by atoms with Crippen molar-refractivity contribution in [3.63, 3.8) is 0 Å². The van der Waals surface area contributed by atoms with Gasteiger partial charge in [0.2, 0.25) is 0 Å². The van der Waals surface area contributed by atoms with Crippen LogP contribution in [0.5, 0.6) is 11.5 Å². The fraction of sp³-hybridized carbons (Fsp3) is 0.625. The molecule has 1 aromatic rings. The van der Waals surface area contributed by atoms with Crippen LogP contribution in [0.15, 0.2) is 12.1 Å². The first-order valence-electron chi connectivity index (χ1n) is 7.37. The van der Waals surface area contributed by atoms with Gasteiger partial charge in [-0.2, -0.15) is 0 Å². The van der Waals surface area contributed by atoms with E-state index >= 15 is 0 Å². The summed E-state index contributed by atoms with van der Waals surface area (Å²) in [5, 5.41) is 10.0. The van der Waals surface area contributed by atoms with Crippen LogP contribution in [0, 0.1) is 0 Å². The number of aliphatic hydroxyl groups is 1. The number of methoxy groups -OCH3 is 2. The van der Waals surface area contributed by atoms with Gasteiger partial charge in [-0.25, -0.2) is 0 Å². The van der Waals surface area contributed by atoms with Crippen LogP contribution in [0.1, 0.15) is 24.5 Å². The van der Waals surface area contributed by atoms with Gasteiger partial charge in [-0.1, -0.05) is 0 Å². The number of benzene rings is 1. The Bertz CT molecular complexity index is 489. The third-order valence-electron chi connectivity index (χ3n) is 4.20. The molecule has 1 unspecified atom stereocenters. The summed E-state index contributed by atoms with van der Waals surface area (Å²) in [5.74, 6) is 1.56. The topological polar surface area (TPSA) is 68.0 Å². The Balaban J connectivity index is 2.06. The van der Waals surface area contributed by atoms with Crippen LogP contribution in [0.25, 0.3) is 0 Å². The van der Waals surface area contributed by atoms with Crippen molar-refractivity contribution in [2.24, 2.45) is 5.73 Å². The normalized spacial score (nSPS) is 18.0. The van der Waals surface area contributed by atoms with Gasteiger partial charge < -0.3 is 20.3 Å². The lowest BCUT2D eigenvalue weighted by Crippen LogP contribution is -2.40. The van der Waals surface area contributed by atoms with E-state index in [9.17, 15) is 5.11 Å². The predicted molar refractivity (Wildman–Crippen MR) is 82.8 cm³/mol. The molecule has 0 amide bonds. The average molecular weight is 294 g/mol. The lowest BCUT2D eigenvalue weighted by Gasteiger charge is -2.32. The third kappa shape index (κ3) is 3.87. The van der Waals surface area contributed by atoms with Crippen molar-refractivity contribution in [2.75, 3.05) is 33.9 Å². The van der Waals surface area contributed by atoms with Crippen molar-refractivity contribution in [3.8, 4) is 11.5 Å². The Labute approximate surface area is 126 Å². The Morgan fingerprint density at radius 2 is 1.86 bits per heavy atom. The van der Waals surface area contributed by atoms with Crippen molar-refractivity contribution in [3.05, 3.63) is 23.3 Å². The number of rotatable bonds is 6. The summed E-state index contributed by atoms with van der Waals surface area (Å²) < 4.78 is 10.7. The van der Waals surface area contributed by atoms with E-state index in [0.29, 0.717) is 13.0 Å². The van der Waals surface area contributed by atoms with Gasteiger partial charge in [-0.05, 0) is 43.0 Å². The standard InChI is InChI=1S/C16H26N2O3/c1-16(19,11-17)5-7-18-6-4-12-8-14(20-2)15(21-3)9-13(12)10-18/h8-9,19H,4-7,10-11,17H2,1-3H3. The average Bonchev–Trinajstić information content (AvgIpc) is 2.51. The number of nitrogens with two attached hydrogens (primary N) is 1. The molecule has 118 valence electrons. The number of fused-ring (bicyclic) bond motifs is 1. The molecule has 0 radical (unpaired) electrons. The summed E-state index contributed by atoms with van der Waals surface area (Å²) in [6.07, 6.45) is 1.67. The van der Waals surface area contributed by atoms with Crippen LogP contribution in [-0.2, 0) is 13.0 Å². The van der Waals surface area contributed by atoms with Gasteiger partial charge in [0.25, 0.3) is 0 Å².